The van der Waals surface area contributed by atoms with E-state index in [0.29, 0.717) is 0 Å². The van der Waals surface area contributed by atoms with Crippen LogP contribution in [-0.4, -0.2) is 100 Å². The first-order valence-electron chi connectivity index (χ1n) is 3.69. The summed E-state index contributed by atoms with van der Waals surface area (Å²) < 4.78 is 60.2. The van der Waals surface area contributed by atoms with E-state index in [4.69, 9.17) is 19.3 Å². The molecule has 5 N–H and O–H groups in total. The van der Waals surface area contributed by atoms with Gasteiger partial charge >= 0.3 is 69.2 Å². The Kier molecular flexibility index (Phi) is 7.93. The van der Waals surface area contributed by atoms with Gasteiger partial charge < -0.3 is 15.3 Å². The van der Waals surface area contributed by atoms with Gasteiger partial charge in [0.25, 0.3) is 10.1 Å². The molecule has 0 aliphatic carbocycles. The van der Waals surface area contributed by atoms with E-state index in [1.165, 1.54) is 0 Å². The summed E-state index contributed by atoms with van der Waals surface area (Å²) in [6.07, 6.45) is 0. The summed E-state index contributed by atoms with van der Waals surface area (Å²) in [5.41, 5.74) is 0. The van der Waals surface area contributed by atoms with E-state index in [1.54, 1.807) is 0 Å². The Labute approximate surface area is 152 Å². The van der Waals surface area contributed by atoms with Crippen LogP contribution in [-0.2, 0) is 20.2 Å². The van der Waals surface area contributed by atoms with Gasteiger partial charge in [0.15, 0.2) is 22.1 Å². The third-order valence-corrected chi connectivity index (χ3v) is 3.48. The monoisotopic (exact) mass is 334 g/mol. The first kappa shape index (κ1) is 21.7. The van der Waals surface area contributed by atoms with Crippen molar-refractivity contribution in [2.75, 3.05) is 0 Å². The minimum atomic E-state index is -5.20. The van der Waals surface area contributed by atoms with Gasteiger partial charge in [-0.05, 0) is 0 Å². The predicted molar refractivity (Wildman–Crippen MR) is 65.4 cm³/mol. The van der Waals surface area contributed by atoms with E-state index >= 15 is 0 Å². The van der Waals surface area contributed by atoms with Crippen molar-refractivity contribution >= 4 is 79.4 Å². The molecule has 0 aliphatic rings. The molecule has 9 nitrogen and oxygen atoms in total. The Morgan fingerprint density at radius 1 is 0.789 bits per heavy atom. The maximum atomic E-state index is 10.8. The van der Waals surface area contributed by atoms with E-state index in [9.17, 15) is 21.9 Å². The van der Waals surface area contributed by atoms with E-state index in [0.717, 1.165) is 0 Å². The molecule has 0 radical (unpaired) electrons. The van der Waals surface area contributed by atoms with Crippen molar-refractivity contribution in [3.8, 4) is 17.2 Å². The zero-order chi connectivity index (χ0) is 13.6. The van der Waals surface area contributed by atoms with Gasteiger partial charge in [-0.1, -0.05) is 0 Å². The van der Waals surface area contributed by atoms with Crippen molar-refractivity contribution in [2.24, 2.45) is 0 Å². The van der Waals surface area contributed by atoms with Crippen molar-refractivity contribution in [1.29, 1.82) is 0 Å². The van der Waals surface area contributed by atoms with Crippen LogP contribution in [0.2, 0.25) is 0 Å². The fraction of sp³-hybridized carbons (Fsp3) is 0. The quantitative estimate of drug-likeness (QED) is 0.178. The van der Waals surface area contributed by atoms with E-state index < -0.39 is 47.3 Å². The Morgan fingerprint density at radius 2 is 1.21 bits per heavy atom. The van der Waals surface area contributed by atoms with Gasteiger partial charge in [-0.25, -0.2) is 0 Å². The molecule has 1 aromatic carbocycles. The van der Waals surface area contributed by atoms with Crippen molar-refractivity contribution < 1.29 is 41.3 Å². The number of phenols is 3. The molecule has 1 rings (SSSR count). The summed E-state index contributed by atoms with van der Waals surface area (Å²) in [5.74, 6) is -4.31. The van der Waals surface area contributed by atoms with E-state index in [2.05, 4.69) is 0 Å². The number of rotatable bonds is 2. The van der Waals surface area contributed by atoms with Crippen molar-refractivity contribution in [1.82, 2.24) is 0 Å². The number of benzene rings is 1. The minimum absolute atomic E-state index is 0. The van der Waals surface area contributed by atoms with Crippen LogP contribution in [0.1, 0.15) is 0 Å². The normalized spacial score (nSPS) is 11.3. The Balaban J connectivity index is 0. The SMILES string of the molecule is O=S(=O)(O)c1cc(O)c(O)c(S(=O)(=O)O)c1O.[NaH].[NaH]. The van der Waals surface area contributed by atoms with Gasteiger partial charge in [0.1, 0.15) is 4.90 Å². The Morgan fingerprint density at radius 3 is 1.53 bits per heavy atom. The van der Waals surface area contributed by atoms with Crippen LogP contribution in [0.5, 0.6) is 17.2 Å². The molecule has 0 atom stereocenters. The van der Waals surface area contributed by atoms with Crippen LogP contribution in [0.3, 0.4) is 0 Å². The molecule has 0 unspecified atom stereocenters. The molecule has 0 amide bonds. The third-order valence-electron chi connectivity index (χ3n) is 1.71. The summed E-state index contributed by atoms with van der Waals surface area (Å²) in [7, 11) is -10.3. The molecule has 13 heteroatoms. The fourth-order valence-corrected chi connectivity index (χ4v) is 2.42. The molecule has 19 heavy (non-hydrogen) atoms. The van der Waals surface area contributed by atoms with Crippen molar-refractivity contribution in [2.45, 2.75) is 9.79 Å². The molecule has 0 bridgehead atoms. The molecule has 0 aliphatic heterocycles. The van der Waals surface area contributed by atoms with Crippen LogP contribution in [0.4, 0.5) is 0 Å². The first-order chi connectivity index (χ1) is 7.46. The summed E-state index contributed by atoms with van der Waals surface area (Å²) in [4.78, 5) is -2.99. The average Bonchev–Trinajstić information content (AvgIpc) is 2.07. The molecular weight excluding hydrogens is 326 g/mol. The van der Waals surface area contributed by atoms with Gasteiger partial charge in [-0.2, -0.15) is 16.8 Å². The number of hydrogen-bond acceptors (Lipinski definition) is 7. The maximum absolute atomic E-state index is 10.8. The second-order valence-electron chi connectivity index (χ2n) is 2.87. The van der Waals surface area contributed by atoms with Gasteiger partial charge in [-0.3, -0.25) is 9.11 Å². The van der Waals surface area contributed by atoms with Crippen LogP contribution >= 0.6 is 0 Å². The van der Waals surface area contributed by atoms with Crippen molar-refractivity contribution in [3.63, 3.8) is 0 Å². The Hall–Kier alpha value is 0.440. The van der Waals surface area contributed by atoms with E-state index in [1.807, 2.05) is 0 Å². The van der Waals surface area contributed by atoms with Gasteiger partial charge in [-0.15, -0.1) is 0 Å². The standard InChI is InChI=1S/C6H6O9S2.2Na.2H/c7-2-1-3(16(10,11)12)5(9)6(4(2)8)17(13,14)15;;;;/h1,7-9H,(H,10,11,12)(H,13,14,15);;;;. The summed E-state index contributed by atoms with van der Waals surface area (Å²) in [6, 6.07) is 0.217. The molecule has 0 saturated carbocycles. The second-order valence-corrected chi connectivity index (χ2v) is 5.62. The average molecular weight is 334 g/mol. The third kappa shape index (κ3) is 4.74. The summed E-state index contributed by atoms with van der Waals surface area (Å²) >= 11 is 0. The van der Waals surface area contributed by atoms with Crippen LogP contribution in [0, 0.1) is 0 Å². The number of aromatic hydroxyl groups is 3. The molecule has 100 valence electrons. The zero-order valence-electron chi connectivity index (χ0n) is 7.76. The second kappa shape index (κ2) is 6.93. The molecule has 0 heterocycles. The molecule has 0 saturated heterocycles. The Bertz CT molecular complexity index is 679. The van der Waals surface area contributed by atoms with Crippen LogP contribution in [0.15, 0.2) is 15.9 Å². The van der Waals surface area contributed by atoms with Gasteiger partial charge in [0.05, 0.1) is 0 Å². The predicted octanol–water partition coefficient (Wildman–Crippen LogP) is -2.00. The molecular formula is C6H8Na2O9S2. The molecule has 0 spiro atoms. The van der Waals surface area contributed by atoms with E-state index in [-0.39, 0.29) is 65.2 Å². The topological polar surface area (TPSA) is 169 Å². The molecule has 0 fully saturated rings. The summed E-state index contributed by atoms with van der Waals surface area (Å²) in [5, 5.41) is 27.3. The van der Waals surface area contributed by atoms with Crippen molar-refractivity contribution in [3.05, 3.63) is 6.07 Å². The van der Waals surface area contributed by atoms with Gasteiger partial charge in [0, 0.05) is 6.07 Å². The number of phenolic OH excluding ortho intramolecular Hbond substituents is 3. The number of hydrogen-bond donors (Lipinski definition) is 5. The fourth-order valence-electron chi connectivity index (χ4n) is 1.04. The molecule has 1 aromatic rings. The first-order valence-corrected chi connectivity index (χ1v) is 6.57. The molecule has 0 aromatic heterocycles. The van der Waals surface area contributed by atoms with Crippen LogP contribution < -0.4 is 0 Å². The summed E-state index contributed by atoms with van der Waals surface area (Å²) in [6.45, 7) is 0. The van der Waals surface area contributed by atoms with Gasteiger partial charge in [0.2, 0.25) is 0 Å². The van der Waals surface area contributed by atoms with Crippen LogP contribution in [0.25, 0.3) is 0 Å². The zero-order valence-corrected chi connectivity index (χ0v) is 9.40.